The molecule has 9 nitrogen and oxygen atoms in total. The monoisotopic (exact) mass is 500 g/mol. The van der Waals surface area contributed by atoms with Gasteiger partial charge >= 0.3 is 44.6 Å². The van der Waals surface area contributed by atoms with E-state index in [1.54, 1.807) is 0 Å². The van der Waals surface area contributed by atoms with Gasteiger partial charge in [0, 0.05) is 0 Å². The molecule has 0 aromatic heterocycles. The Bertz CT molecular complexity index is 851. The first-order chi connectivity index (χ1) is 14.1. The van der Waals surface area contributed by atoms with Crippen LogP contribution in [0.5, 0.6) is 17.2 Å². The largest absolute Gasteiger partial charge is 3.00 e. The van der Waals surface area contributed by atoms with Gasteiger partial charge in [-0.15, -0.1) is 11.5 Å². The van der Waals surface area contributed by atoms with E-state index < -0.39 is 17.9 Å². The maximum absolute atomic E-state index is 10.5. The van der Waals surface area contributed by atoms with E-state index in [0.717, 1.165) is 0 Å². The number of carboxylic acids is 3. The van der Waals surface area contributed by atoms with Crippen molar-refractivity contribution in [3.05, 3.63) is 89.5 Å². The number of benzene rings is 3. The van der Waals surface area contributed by atoms with E-state index in [-0.39, 0.29) is 66.6 Å². The summed E-state index contributed by atoms with van der Waals surface area (Å²) in [6.07, 6.45) is 0. The van der Waals surface area contributed by atoms with Crippen LogP contribution in [0.15, 0.2) is 72.8 Å². The molecule has 0 atom stereocenters. The van der Waals surface area contributed by atoms with Gasteiger partial charge in [-0.25, -0.2) is 9.59 Å². The smallest absolute Gasteiger partial charge is 0.872 e. The van der Waals surface area contributed by atoms with Gasteiger partial charge in [0.05, 0.1) is 17.1 Å². The predicted octanol–water partition coefficient (Wildman–Crippen LogP) is 0.670. The third kappa shape index (κ3) is 10.8. The Morgan fingerprint density at radius 2 is 0.871 bits per heavy atom. The number of hydrogen-bond donors (Lipinski definition) is 3. The minimum atomic E-state index is -1.26. The first kappa shape index (κ1) is 27.6. The second-order valence-corrected chi connectivity index (χ2v) is 5.49. The van der Waals surface area contributed by atoms with Crippen LogP contribution in [-0.2, 0) is 32.7 Å². The van der Waals surface area contributed by atoms with E-state index in [9.17, 15) is 29.7 Å². The Morgan fingerprint density at radius 1 is 0.581 bits per heavy atom. The number of phenolic OH excluding ortho intramolecular Hbond substituents is 1. The van der Waals surface area contributed by atoms with Crippen molar-refractivity contribution < 1.29 is 77.7 Å². The molecular weight excluding hydrogens is 485 g/mol. The number of carbonyl (C=O) groups is 3. The summed E-state index contributed by atoms with van der Waals surface area (Å²) in [6, 6.07) is 15.2. The van der Waals surface area contributed by atoms with Crippen LogP contribution < -0.4 is 15.3 Å². The van der Waals surface area contributed by atoms with Gasteiger partial charge in [0.2, 0.25) is 0 Å². The van der Waals surface area contributed by atoms with Crippen LogP contribution in [0, 0.1) is 0 Å². The van der Waals surface area contributed by atoms with Crippen molar-refractivity contribution in [3.8, 4) is 17.2 Å². The fourth-order valence-electron chi connectivity index (χ4n) is 1.79. The van der Waals surface area contributed by atoms with Gasteiger partial charge in [-0.2, -0.15) is 0 Å². The molecular formula is C21H15O9Y. The molecule has 0 heterocycles. The topological polar surface area (TPSA) is 181 Å². The number of phenols is 1. The van der Waals surface area contributed by atoms with E-state index in [0.29, 0.717) is 0 Å². The molecule has 156 valence electrons. The quantitative estimate of drug-likeness (QED) is 0.466. The van der Waals surface area contributed by atoms with Crippen molar-refractivity contribution in [2.45, 2.75) is 0 Å². The second kappa shape index (κ2) is 13.7. The molecule has 0 radical (unpaired) electrons. The van der Waals surface area contributed by atoms with Crippen LogP contribution in [0.4, 0.5) is 0 Å². The average Bonchev–Trinajstić information content (AvgIpc) is 2.70. The Labute approximate surface area is 201 Å². The SMILES string of the molecule is O=C(O)c1ccc(O)cc1.O=C(O)c1ccc([O-])cc1.O=C([O-])c1ccc([O-])cc1.[Y+3]. The van der Waals surface area contributed by atoms with Gasteiger partial charge in [0.25, 0.3) is 0 Å². The fraction of sp³-hybridized carbons (Fsp3) is 0. The van der Waals surface area contributed by atoms with E-state index >= 15 is 0 Å². The summed E-state index contributed by atoms with van der Waals surface area (Å²) in [7, 11) is 0. The molecule has 0 unspecified atom stereocenters. The summed E-state index contributed by atoms with van der Waals surface area (Å²) in [5.74, 6) is -3.57. The van der Waals surface area contributed by atoms with Gasteiger partial charge in [0.15, 0.2) is 0 Å². The molecule has 10 heteroatoms. The number of carboxylic acid groups (broad SMARTS) is 3. The summed E-state index contributed by atoms with van der Waals surface area (Å²) in [5, 5.41) is 56.5. The number of rotatable bonds is 3. The van der Waals surface area contributed by atoms with Crippen molar-refractivity contribution >= 4 is 17.9 Å². The summed E-state index contributed by atoms with van der Waals surface area (Å²) in [6.45, 7) is 0. The Balaban J connectivity index is 0.000000429. The van der Waals surface area contributed by atoms with Crippen LogP contribution in [0.25, 0.3) is 0 Å². The van der Waals surface area contributed by atoms with Gasteiger partial charge in [0.1, 0.15) is 5.75 Å². The molecule has 0 bridgehead atoms. The standard InChI is InChI=1S/3C7H6O3.Y/c3*8-6-3-1-5(2-4-6)7(9)10;/h3*1-4,8H,(H,9,10);/q;;;+3/p-3. The molecule has 0 saturated carbocycles. The first-order valence-corrected chi connectivity index (χ1v) is 8.11. The first-order valence-electron chi connectivity index (χ1n) is 8.11. The zero-order chi connectivity index (χ0) is 22.7. The van der Waals surface area contributed by atoms with Crippen LogP contribution >= 0.6 is 0 Å². The molecule has 31 heavy (non-hydrogen) atoms. The Hall–Kier alpha value is -3.43. The third-order valence-electron chi connectivity index (χ3n) is 3.31. The number of carbonyl (C=O) groups excluding carboxylic acids is 1. The van der Waals surface area contributed by atoms with Crippen molar-refractivity contribution in [2.75, 3.05) is 0 Å². The summed E-state index contributed by atoms with van der Waals surface area (Å²) < 4.78 is 0. The van der Waals surface area contributed by atoms with Crippen LogP contribution in [-0.4, -0.2) is 33.2 Å². The van der Waals surface area contributed by atoms with Gasteiger partial charge in [-0.3, -0.25) is 0 Å². The van der Waals surface area contributed by atoms with Gasteiger partial charge in [-0.05, 0) is 42.0 Å². The minimum Gasteiger partial charge on any atom is -0.872 e. The van der Waals surface area contributed by atoms with Crippen LogP contribution in [0.1, 0.15) is 31.1 Å². The minimum absolute atomic E-state index is 0. The zero-order valence-electron chi connectivity index (χ0n) is 15.8. The molecule has 3 aromatic carbocycles. The van der Waals surface area contributed by atoms with Crippen molar-refractivity contribution in [3.63, 3.8) is 0 Å². The molecule has 3 N–H and O–H groups in total. The Morgan fingerprint density at radius 3 is 1.16 bits per heavy atom. The van der Waals surface area contributed by atoms with Crippen molar-refractivity contribution in [2.24, 2.45) is 0 Å². The summed E-state index contributed by atoms with van der Waals surface area (Å²) in [4.78, 5) is 30.5. The van der Waals surface area contributed by atoms with Crippen LogP contribution in [0.2, 0.25) is 0 Å². The predicted molar refractivity (Wildman–Crippen MR) is 98.1 cm³/mol. The van der Waals surface area contributed by atoms with E-state index in [1.807, 2.05) is 0 Å². The molecule has 0 aliphatic carbocycles. The molecule has 0 saturated heterocycles. The fourth-order valence-corrected chi connectivity index (χ4v) is 1.79. The average molecular weight is 500 g/mol. The normalized spacial score (nSPS) is 8.90. The molecule has 0 aliphatic heterocycles. The third-order valence-corrected chi connectivity index (χ3v) is 3.31. The maximum atomic E-state index is 10.5. The van der Waals surface area contributed by atoms with E-state index in [1.165, 1.54) is 72.8 Å². The molecule has 0 spiro atoms. The van der Waals surface area contributed by atoms with Gasteiger partial charge < -0.3 is 35.4 Å². The molecule has 0 amide bonds. The second-order valence-electron chi connectivity index (χ2n) is 5.49. The maximum Gasteiger partial charge on any atom is 3.00 e. The molecule has 3 aromatic rings. The number of hydrogen-bond acceptors (Lipinski definition) is 7. The number of aromatic hydroxyl groups is 1. The summed E-state index contributed by atoms with van der Waals surface area (Å²) in [5.41, 5.74) is 0.344. The van der Waals surface area contributed by atoms with E-state index in [2.05, 4.69) is 0 Å². The van der Waals surface area contributed by atoms with Gasteiger partial charge in [-0.1, -0.05) is 36.4 Å². The number of aromatic carboxylic acids is 3. The summed E-state index contributed by atoms with van der Waals surface area (Å²) >= 11 is 0. The molecule has 3 rings (SSSR count). The van der Waals surface area contributed by atoms with Crippen LogP contribution in [0.3, 0.4) is 0 Å². The Kier molecular flexibility index (Phi) is 12.2. The van der Waals surface area contributed by atoms with Crippen molar-refractivity contribution in [1.82, 2.24) is 0 Å². The molecule has 0 fully saturated rings. The molecule has 0 aliphatic rings. The zero-order valence-corrected chi connectivity index (χ0v) is 18.6. The van der Waals surface area contributed by atoms with E-state index in [4.69, 9.17) is 15.3 Å². The van der Waals surface area contributed by atoms with Crippen molar-refractivity contribution in [1.29, 1.82) is 0 Å².